The quantitative estimate of drug-likeness (QED) is 0.672. The Bertz CT molecular complexity index is 426. The molecule has 1 heterocycles. The lowest BCUT2D eigenvalue weighted by molar-refractivity contribution is -0.120. The van der Waals surface area contributed by atoms with E-state index in [4.69, 9.17) is 5.73 Å². The fourth-order valence-corrected chi connectivity index (χ4v) is 1.21. The summed E-state index contributed by atoms with van der Waals surface area (Å²) in [6.07, 6.45) is 1.57. The van der Waals surface area contributed by atoms with Crippen LogP contribution in [0, 0.1) is 0 Å². The van der Waals surface area contributed by atoms with Crippen molar-refractivity contribution >= 4 is 11.9 Å². The Morgan fingerprint density at radius 3 is 2.61 bits per heavy atom. The highest BCUT2D eigenvalue weighted by molar-refractivity contribution is 5.94. The number of carbonyl (C=O) groups is 2. The normalized spacial score (nSPS) is 12.3. The van der Waals surface area contributed by atoms with Crippen molar-refractivity contribution < 1.29 is 9.59 Å². The van der Waals surface area contributed by atoms with E-state index in [-0.39, 0.29) is 18.6 Å². The van der Waals surface area contributed by atoms with Crippen LogP contribution in [0.3, 0.4) is 0 Å². The summed E-state index contributed by atoms with van der Waals surface area (Å²) in [6.45, 7) is 5.29. The fraction of sp³-hybridized carbons (Fsp3) is 0.600. The van der Waals surface area contributed by atoms with E-state index in [1.165, 1.54) is 4.68 Å². The molecule has 3 amide bonds. The number of urea groups is 1. The summed E-state index contributed by atoms with van der Waals surface area (Å²) < 4.78 is 1.33. The SMILES string of the molecule is CC(C)NC(=O)NC(=O)Cn1cc(C(C)N)nn1. The van der Waals surface area contributed by atoms with Crippen LogP contribution in [0.1, 0.15) is 32.5 Å². The third kappa shape index (κ3) is 4.50. The van der Waals surface area contributed by atoms with Gasteiger partial charge in [-0.2, -0.15) is 0 Å². The summed E-state index contributed by atoms with van der Waals surface area (Å²) in [5.41, 5.74) is 6.20. The second kappa shape index (κ2) is 6.10. The number of imide groups is 1. The first kappa shape index (κ1) is 14.1. The van der Waals surface area contributed by atoms with Gasteiger partial charge in [-0.3, -0.25) is 10.1 Å². The van der Waals surface area contributed by atoms with Crippen molar-refractivity contribution in [1.29, 1.82) is 0 Å². The minimum absolute atomic E-state index is 0.0335. The average Bonchev–Trinajstić information content (AvgIpc) is 2.63. The van der Waals surface area contributed by atoms with Gasteiger partial charge in [-0.15, -0.1) is 5.10 Å². The van der Waals surface area contributed by atoms with Gasteiger partial charge in [-0.25, -0.2) is 9.48 Å². The third-order valence-corrected chi connectivity index (χ3v) is 2.00. The smallest absolute Gasteiger partial charge is 0.321 e. The molecule has 0 saturated carbocycles. The molecule has 18 heavy (non-hydrogen) atoms. The molecular formula is C10H18N6O2. The van der Waals surface area contributed by atoms with Crippen molar-refractivity contribution in [3.8, 4) is 0 Å². The lowest BCUT2D eigenvalue weighted by Crippen LogP contribution is -2.43. The molecule has 1 aromatic heterocycles. The molecule has 1 atom stereocenters. The number of amides is 3. The van der Waals surface area contributed by atoms with Crippen molar-refractivity contribution in [3.63, 3.8) is 0 Å². The van der Waals surface area contributed by atoms with Crippen LogP contribution in [0.4, 0.5) is 4.79 Å². The molecule has 0 saturated heterocycles. The van der Waals surface area contributed by atoms with Gasteiger partial charge in [-0.05, 0) is 20.8 Å². The molecule has 1 unspecified atom stereocenters. The highest BCUT2D eigenvalue weighted by Gasteiger charge is 2.11. The van der Waals surface area contributed by atoms with Gasteiger partial charge in [0.05, 0.1) is 11.9 Å². The standard InChI is InChI=1S/C10H18N6O2/c1-6(2)12-10(18)13-9(17)5-16-4-8(7(3)11)14-15-16/h4,6-7H,5,11H2,1-3H3,(H2,12,13,17,18). The monoisotopic (exact) mass is 254 g/mol. The molecule has 0 aliphatic rings. The van der Waals surface area contributed by atoms with E-state index >= 15 is 0 Å². The van der Waals surface area contributed by atoms with Crippen molar-refractivity contribution in [3.05, 3.63) is 11.9 Å². The molecule has 0 radical (unpaired) electrons. The molecular weight excluding hydrogens is 236 g/mol. The van der Waals surface area contributed by atoms with E-state index in [0.717, 1.165) is 0 Å². The van der Waals surface area contributed by atoms with E-state index in [1.54, 1.807) is 27.0 Å². The Labute approximate surface area is 105 Å². The van der Waals surface area contributed by atoms with Gasteiger partial charge in [-0.1, -0.05) is 5.21 Å². The maximum absolute atomic E-state index is 11.5. The van der Waals surface area contributed by atoms with Crippen molar-refractivity contribution in [2.45, 2.75) is 39.4 Å². The van der Waals surface area contributed by atoms with Gasteiger partial charge >= 0.3 is 6.03 Å². The molecule has 0 bridgehead atoms. The lowest BCUT2D eigenvalue weighted by atomic mass is 10.3. The summed E-state index contributed by atoms with van der Waals surface area (Å²) >= 11 is 0. The van der Waals surface area contributed by atoms with Crippen LogP contribution in [-0.2, 0) is 11.3 Å². The van der Waals surface area contributed by atoms with Crippen LogP contribution in [0.2, 0.25) is 0 Å². The summed E-state index contributed by atoms with van der Waals surface area (Å²) in [6, 6.07) is -0.803. The molecule has 1 rings (SSSR count). The Hall–Kier alpha value is -1.96. The van der Waals surface area contributed by atoms with Gasteiger partial charge in [0.25, 0.3) is 0 Å². The predicted octanol–water partition coefficient (Wildman–Crippen LogP) is -0.468. The van der Waals surface area contributed by atoms with Crippen LogP contribution >= 0.6 is 0 Å². The van der Waals surface area contributed by atoms with Crippen molar-refractivity contribution in [2.75, 3.05) is 0 Å². The Kier molecular flexibility index (Phi) is 4.78. The molecule has 0 aromatic carbocycles. The number of nitrogens with zero attached hydrogens (tertiary/aromatic N) is 3. The molecule has 0 fully saturated rings. The maximum Gasteiger partial charge on any atom is 0.321 e. The molecule has 0 spiro atoms. The first-order valence-corrected chi connectivity index (χ1v) is 5.64. The highest BCUT2D eigenvalue weighted by Crippen LogP contribution is 2.02. The number of nitrogens with two attached hydrogens (primary N) is 1. The largest absolute Gasteiger partial charge is 0.336 e. The fourth-order valence-electron chi connectivity index (χ4n) is 1.21. The zero-order valence-corrected chi connectivity index (χ0v) is 10.7. The minimum Gasteiger partial charge on any atom is -0.336 e. The Morgan fingerprint density at radius 1 is 1.44 bits per heavy atom. The number of aromatic nitrogens is 3. The second-order valence-electron chi connectivity index (χ2n) is 4.31. The molecule has 8 heteroatoms. The lowest BCUT2D eigenvalue weighted by Gasteiger charge is -2.08. The number of hydrogen-bond donors (Lipinski definition) is 3. The summed E-state index contributed by atoms with van der Waals surface area (Å²) in [7, 11) is 0. The van der Waals surface area contributed by atoms with Crippen molar-refractivity contribution in [2.24, 2.45) is 5.73 Å². The summed E-state index contributed by atoms with van der Waals surface area (Å²) in [4.78, 5) is 22.8. The Balaban J connectivity index is 2.46. The molecule has 4 N–H and O–H groups in total. The molecule has 0 aliphatic carbocycles. The molecule has 0 aliphatic heterocycles. The van der Waals surface area contributed by atoms with E-state index in [2.05, 4.69) is 20.9 Å². The first-order valence-electron chi connectivity index (χ1n) is 5.64. The Morgan fingerprint density at radius 2 is 2.11 bits per heavy atom. The van der Waals surface area contributed by atoms with Crippen LogP contribution in [0.25, 0.3) is 0 Å². The number of nitrogens with one attached hydrogen (secondary N) is 2. The van der Waals surface area contributed by atoms with E-state index in [0.29, 0.717) is 5.69 Å². The molecule has 8 nitrogen and oxygen atoms in total. The van der Waals surface area contributed by atoms with E-state index in [1.807, 2.05) is 0 Å². The number of carbonyl (C=O) groups excluding carboxylic acids is 2. The third-order valence-electron chi connectivity index (χ3n) is 2.00. The zero-order valence-electron chi connectivity index (χ0n) is 10.7. The van der Waals surface area contributed by atoms with Gasteiger partial charge in [0, 0.05) is 12.1 Å². The van der Waals surface area contributed by atoms with Gasteiger partial charge in [0.1, 0.15) is 6.54 Å². The van der Waals surface area contributed by atoms with Crippen LogP contribution in [-0.4, -0.2) is 33.0 Å². The molecule has 100 valence electrons. The maximum atomic E-state index is 11.5. The molecule has 1 aromatic rings. The van der Waals surface area contributed by atoms with E-state index in [9.17, 15) is 9.59 Å². The average molecular weight is 254 g/mol. The van der Waals surface area contributed by atoms with Crippen molar-refractivity contribution in [1.82, 2.24) is 25.6 Å². The minimum atomic E-state index is -0.525. The summed E-state index contributed by atoms with van der Waals surface area (Å²) in [5, 5.41) is 12.3. The number of rotatable bonds is 4. The number of hydrogen-bond acceptors (Lipinski definition) is 5. The highest BCUT2D eigenvalue weighted by atomic mass is 16.2. The first-order chi connectivity index (χ1) is 8.38. The van der Waals surface area contributed by atoms with E-state index < -0.39 is 11.9 Å². The van der Waals surface area contributed by atoms with Gasteiger partial charge in [0.2, 0.25) is 5.91 Å². The topological polar surface area (TPSA) is 115 Å². The predicted molar refractivity (Wildman–Crippen MR) is 64.4 cm³/mol. The van der Waals surface area contributed by atoms with Gasteiger partial charge in [0.15, 0.2) is 0 Å². The van der Waals surface area contributed by atoms with Crippen LogP contribution in [0.5, 0.6) is 0 Å². The van der Waals surface area contributed by atoms with Gasteiger partial charge < -0.3 is 11.1 Å². The summed E-state index contributed by atoms with van der Waals surface area (Å²) in [5.74, 6) is -0.464. The zero-order chi connectivity index (χ0) is 13.7. The second-order valence-corrected chi connectivity index (χ2v) is 4.31. The van der Waals surface area contributed by atoms with Crippen LogP contribution < -0.4 is 16.4 Å². The van der Waals surface area contributed by atoms with Crippen LogP contribution in [0.15, 0.2) is 6.20 Å².